The van der Waals surface area contributed by atoms with Crippen LogP contribution >= 0.6 is 11.6 Å². The van der Waals surface area contributed by atoms with Gasteiger partial charge in [0, 0.05) is 30.6 Å². The third kappa shape index (κ3) is 3.17. The summed E-state index contributed by atoms with van der Waals surface area (Å²) in [7, 11) is 3.82. The molecule has 5 heteroatoms. The van der Waals surface area contributed by atoms with Gasteiger partial charge in [-0.25, -0.2) is 0 Å². The van der Waals surface area contributed by atoms with Gasteiger partial charge in [0.05, 0.1) is 18.2 Å². The highest BCUT2D eigenvalue weighted by Crippen LogP contribution is 2.52. The predicted molar refractivity (Wildman–Crippen MR) is 97.6 cm³/mol. The Bertz CT molecular complexity index is 590. The number of benzene rings is 1. The zero-order valence-electron chi connectivity index (χ0n) is 15.1. The highest BCUT2D eigenvalue weighted by atomic mass is 35.5. The number of likely N-dealkylation sites (tertiary alicyclic amines) is 1. The second-order valence-electron chi connectivity index (χ2n) is 7.90. The second kappa shape index (κ2) is 6.83. The first kappa shape index (κ1) is 18.0. The van der Waals surface area contributed by atoms with Crippen molar-refractivity contribution in [1.29, 1.82) is 0 Å². The molecular formula is C19H29ClN2O2. The largest absolute Gasteiger partial charge is 0.495 e. The molecule has 24 heavy (non-hydrogen) atoms. The Balaban J connectivity index is 1.63. The van der Waals surface area contributed by atoms with Crippen LogP contribution in [0.25, 0.3) is 0 Å². The molecule has 1 aliphatic carbocycles. The van der Waals surface area contributed by atoms with Crippen molar-refractivity contribution < 1.29 is 9.84 Å². The molecule has 134 valence electrons. The van der Waals surface area contributed by atoms with Crippen molar-refractivity contribution >= 4 is 11.6 Å². The molecule has 4 atom stereocenters. The van der Waals surface area contributed by atoms with Crippen LogP contribution in [-0.4, -0.2) is 48.9 Å². The molecule has 1 heterocycles. The summed E-state index contributed by atoms with van der Waals surface area (Å²) >= 11 is 6.08. The molecule has 2 fully saturated rings. The Kier molecular flexibility index (Phi) is 5.12. The number of aliphatic hydroxyl groups excluding tert-OH is 1. The van der Waals surface area contributed by atoms with Crippen LogP contribution in [-0.2, 0) is 6.54 Å². The molecule has 1 aromatic rings. The molecule has 0 amide bonds. The number of nitrogens with one attached hydrogen (secondary N) is 1. The van der Waals surface area contributed by atoms with Crippen LogP contribution in [0.5, 0.6) is 5.75 Å². The first-order chi connectivity index (χ1) is 11.4. The minimum absolute atomic E-state index is 0.154. The highest BCUT2D eigenvalue weighted by molar-refractivity contribution is 6.32. The Morgan fingerprint density at radius 2 is 2.17 bits per heavy atom. The standard InChI is InChI=1S/C19H29ClN2O2/c1-12(2)18-19(11-22(18)3)8-15(16(23)9-19)21-10-13-5-6-14(20)17(7-13)24-4/h5-7,12,15-16,18,21,23H,8-11H2,1-4H3/t15-,16-,18?,19?/m1/s1. The summed E-state index contributed by atoms with van der Waals surface area (Å²) in [6, 6.07) is 6.56. The van der Waals surface area contributed by atoms with Gasteiger partial charge < -0.3 is 20.1 Å². The van der Waals surface area contributed by atoms with Crippen molar-refractivity contribution in [3.63, 3.8) is 0 Å². The first-order valence-corrected chi connectivity index (χ1v) is 9.18. The number of methoxy groups -OCH3 is 1. The third-order valence-electron chi connectivity index (χ3n) is 5.79. The van der Waals surface area contributed by atoms with Crippen LogP contribution in [0.1, 0.15) is 32.3 Å². The van der Waals surface area contributed by atoms with Crippen LogP contribution in [0.3, 0.4) is 0 Å². The van der Waals surface area contributed by atoms with E-state index in [0.29, 0.717) is 29.3 Å². The van der Waals surface area contributed by atoms with E-state index in [1.54, 1.807) is 7.11 Å². The smallest absolute Gasteiger partial charge is 0.137 e. The lowest BCUT2D eigenvalue weighted by molar-refractivity contribution is -0.0828. The molecule has 3 rings (SSSR count). The van der Waals surface area contributed by atoms with E-state index < -0.39 is 0 Å². The molecule has 1 saturated carbocycles. The summed E-state index contributed by atoms with van der Waals surface area (Å²) < 4.78 is 5.28. The number of hydrogen-bond donors (Lipinski definition) is 2. The van der Waals surface area contributed by atoms with Gasteiger partial charge in [-0.15, -0.1) is 0 Å². The lowest BCUT2D eigenvalue weighted by Crippen LogP contribution is -2.64. The second-order valence-corrected chi connectivity index (χ2v) is 8.31. The number of hydrogen-bond acceptors (Lipinski definition) is 4. The maximum Gasteiger partial charge on any atom is 0.137 e. The first-order valence-electron chi connectivity index (χ1n) is 8.80. The maximum atomic E-state index is 10.6. The normalized spacial score (nSPS) is 33.2. The fourth-order valence-corrected chi connectivity index (χ4v) is 5.31. The SMILES string of the molecule is COc1cc(CN[C@@H]2CC3(C[C@H]2O)CN(C)C3C(C)C)ccc1Cl. The fraction of sp³-hybridized carbons (Fsp3) is 0.684. The Labute approximate surface area is 150 Å². The van der Waals surface area contributed by atoms with Crippen molar-refractivity contribution in [2.45, 2.75) is 51.4 Å². The summed E-state index contributed by atoms with van der Waals surface area (Å²) in [5.41, 5.74) is 1.40. The van der Waals surface area contributed by atoms with Gasteiger partial charge in [-0.2, -0.15) is 0 Å². The van der Waals surface area contributed by atoms with Gasteiger partial charge >= 0.3 is 0 Å². The molecular weight excluding hydrogens is 324 g/mol. The number of halogens is 1. The van der Waals surface area contributed by atoms with Crippen molar-refractivity contribution in [3.05, 3.63) is 28.8 Å². The number of nitrogens with zero attached hydrogens (tertiary/aromatic N) is 1. The Hall–Kier alpha value is -0.810. The monoisotopic (exact) mass is 352 g/mol. The lowest BCUT2D eigenvalue weighted by Gasteiger charge is -2.57. The maximum absolute atomic E-state index is 10.6. The van der Waals surface area contributed by atoms with Gasteiger partial charge in [0.2, 0.25) is 0 Å². The van der Waals surface area contributed by atoms with Crippen molar-refractivity contribution in [3.8, 4) is 5.75 Å². The van der Waals surface area contributed by atoms with E-state index in [9.17, 15) is 5.11 Å². The van der Waals surface area contributed by atoms with E-state index in [2.05, 4.69) is 31.1 Å². The molecule has 2 unspecified atom stereocenters. The highest BCUT2D eigenvalue weighted by Gasteiger charge is 2.57. The minimum Gasteiger partial charge on any atom is -0.495 e. The average molecular weight is 353 g/mol. The molecule has 1 spiro atoms. The summed E-state index contributed by atoms with van der Waals surface area (Å²) in [5, 5.41) is 14.7. The molecule has 0 radical (unpaired) electrons. The van der Waals surface area contributed by atoms with Crippen LogP contribution in [0.15, 0.2) is 18.2 Å². The molecule has 2 N–H and O–H groups in total. The zero-order valence-corrected chi connectivity index (χ0v) is 15.8. The molecule has 0 bridgehead atoms. The van der Waals surface area contributed by atoms with Crippen molar-refractivity contribution in [1.82, 2.24) is 10.2 Å². The van der Waals surface area contributed by atoms with Crippen LogP contribution in [0.4, 0.5) is 0 Å². The van der Waals surface area contributed by atoms with Gasteiger partial charge in [-0.05, 0) is 43.5 Å². The number of rotatable bonds is 5. The van der Waals surface area contributed by atoms with Gasteiger partial charge in [-0.3, -0.25) is 0 Å². The lowest BCUT2D eigenvalue weighted by atomic mass is 9.66. The third-order valence-corrected chi connectivity index (χ3v) is 6.10. The quantitative estimate of drug-likeness (QED) is 0.855. The molecule has 1 aromatic carbocycles. The zero-order chi connectivity index (χ0) is 17.5. The van der Waals surface area contributed by atoms with Crippen LogP contribution in [0, 0.1) is 11.3 Å². The van der Waals surface area contributed by atoms with Crippen LogP contribution < -0.4 is 10.1 Å². The van der Waals surface area contributed by atoms with Gasteiger partial charge in [0.15, 0.2) is 0 Å². The molecule has 1 aliphatic heterocycles. The predicted octanol–water partition coefficient (Wildman–Crippen LogP) is 2.92. The van der Waals surface area contributed by atoms with E-state index in [1.165, 1.54) is 0 Å². The van der Waals surface area contributed by atoms with Gasteiger partial charge in [-0.1, -0.05) is 31.5 Å². The van der Waals surface area contributed by atoms with Crippen molar-refractivity contribution in [2.24, 2.45) is 11.3 Å². The number of ether oxygens (including phenoxy) is 1. The van der Waals surface area contributed by atoms with Crippen LogP contribution in [0.2, 0.25) is 5.02 Å². The summed E-state index contributed by atoms with van der Waals surface area (Å²) in [5.74, 6) is 1.31. The minimum atomic E-state index is -0.269. The molecule has 0 aromatic heterocycles. The average Bonchev–Trinajstić information content (AvgIpc) is 2.83. The summed E-state index contributed by atoms with van der Waals surface area (Å²) in [6.45, 7) is 6.39. The topological polar surface area (TPSA) is 44.7 Å². The Morgan fingerprint density at radius 1 is 1.42 bits per heavy atom. The summed E-state index contributed by atoms with van der Waals surface area (Å²) in [4.78, 5) is 2.43. The molecule has 4 nitrogen and oxygen atoms in total. The molecule has 2 aliphatic rings. The van der Waals surface area contributed by atoms with Gasteiger partial charge in [0.1, 0.15) is 5.75 Å². The van der Waals surface area contributed by atoms with E-state index >= 15 is 0 Å². The fourth-order valence-electron chi connectivity index (χ4n) is 5.12. The number of aliphatic hydroxyl groups is 1. The van der Waals surface area contributed by atoms with E-state index in [4.69, 9.17) is 16.3 Å². The van der Waals surface area contributed by atoms with E-state index in [1.807, 2.05) is 18.2 Å². The Morgan fingerprint density at radius 3 is 2.79 bits per heavy atom. The molecule has 1 saturated heterocycles. The van der Waals surface area contributed by atoms with E-state index in [-0.39, 0.29) is 17.6 Å². The van der Waals surface area contributed by atoms with E-state index in [0.717, 1.165) is 24.9 Å². The summed E-state index contributed by atoms with van der Waals surface area (Å²) in [6.07, 6.45) is 1.68. The van der Waals surface area contributed by atoms with Crippen molar-refractivity contribution in [2.75, 3.05) is 20.7 Å². The van der Waals surface area contributed by atoms with Gasteiger partial charge in [0.25, 0.3) is 0 Å².